The molecule has 1 aromatic heterocycles. The minimum Gasteiger partial charge on any atom is -0.399 e. The van der Waals surface area contributed by atoms with E-state index in [1.165, 1.54) is 18.2 Å². The molecule has 0 aliphatic heterocycles. The van der Waals surface area contributed by atoms with Gasteiger partial charge < -0.3 is 5.73 Å². The Morgan fingerprint density at radius 3 is 2.68 bits per heavy atom. The SMILES string of the molecule is Cc1ccc(N)cc1S(=O)(=O)Nc1cccc(F)n1. The Morgan fingerprint density at radius 2 is 2.00 bits per heavy atom. The predicted molar refractivity (Wildman–Crippen MR) is 70.6 cm³/mol. The summed E-state index contributed by atoms with van der Waals surface area (Å²) < 4.78 is 39.4. The topological polar surface area (TPSA) is 85.1 Å². The molecule has 2 rings (SSSR count). The van der Waals surface area contributed by atoms with Crippen molar-refractivity contribution in [2.45, 2.75) is 11.8 Å². The number of rotatable bonds is 3. The molecule has 7 heteroatoms. The third-order valence-electron chi connectivity index (χ3n) is 2.46. The number of hydrogen-bond donors (Lipinski definition) is 2. The van der Waals surface area contributed by atoms with Crippen molar-refractivity contribution in [3.05, 3.63) is 47.9 Å². The van der Waals surface area contributed by atoms with Gasteiger partial charge >= 0.3 is 0 Å². The molecule has 0 atom stereocenters. The Labute approximate surface area is 110 Å². The van der Waals surface area contributed by atoms with E-state index in [4.69, 9.17) is 5.73 Å². The van der Waals surface area contributed by atoms with Gasteiger partial charge in [-0.05, 0) is 36.8 Å². The number of pyridine rings is 1. The molecule has 1 aromatic carbocycles. The van der Waals surface area contributed by atoms with Gasteiger partial charge in [0.25, 0.3) is 10.0 Å². The summed E-state index contributed by atoms with van der Waals surface area (Å²) in [7, 11) is -3.84. The van der Waals surface area contributed by atoms with E-state index in [9.17, 15) is 12.8 Å². The normalized spacial score (nSPS) is 11.3. The Morgan fingerprint density at radius 1 is 1.26 bits per heavy atom. The van der Waals surface area contributed by atoms with Crippen LogP contribution in [0.3, 0.4) is 0 Å². The van der Waals surface area contributed by atoms with Gasteiger partial charge in [-0.25, -0.2) is 13.4 Å². The van der Waals surface area contributed by atoms with Crippen LogP contribution in [0.4, 0.5) is 15.9 Å². The second-order valence-electron chi connectivity index (χ2n) is 3.98. The van der Waals surface area contributed by atoms with E-state index in [-0.39, 0.29) is 10.7 Å². The molecule has 0 saturated carbocycles. The predicted octanol–water partition coefficient (Wildman–Crippen LogP) is 1.91. The number of hydrogen-bond acceptors (Lipinski definition) is 4. The zero-order valence-corrected chi connectivity index (χ0v) is 10.9. The number of benzene rings is 1. The fourth-order valence-electron chi connectivity index (χ4n) is 1.56. The van der Waals surface area contributed by atoms with Gasteiger partial charge in [0.1, 0.15) is 5.82 Å². The van der Waals surface area contributed by atoms with Gasteiger partial charge in [0.05, 0.1) is 4.90 Å². The second kappa shape index (κ2) is 4.85. The number of sulfonamides is 1. The lowest BCUT2D eigenvalue weighted by atomic mass is 10.2. The molecule has 100 valence electrons. The number of nitrogen functional groups attached to an aromatic ring is 1. The van der Waals surface area contributed by atoms with Crippen LogP contribution >= 0.6 is 0 Å². The molecule has 0 aliphatic carbocycles. The van der Waals surface area contributed by atoms with Crippen molar-refractivity contribution in [1.82, 2.24) is 4.98 Å². The first-order valence-electron chi connectivity index (χ1n) is 5.40. The summed E-state index contributed by atoms with van der Waals surface area (Å²) in [5.74, 6) is -0.841. The molecule has 0 radical (unpaired) electrons. The maximum absolute atomic E-state index is 12.9. The molecule has 3 N–H and O–H groups in total. The van der Waals surface area contributed by atoms with E-state index < -0.39 is 16.0 Å². The van der Waals surface area contributed by atoms with Crippen molar-refractivity contribution in [1.29, 1.82) is 0 Å². The lowest BCUT2D eigenvalue weighted by Gasteiger charge is -2.10. The monoisotopic (exact) mass is 281 g/mol. The van der Waals surface area contributed by atoms with Crippen LogP contribution in [0.1, 0.15) is 5.56 Å². The number of nitrogens with two attached hydrogens (primary N) is 1. The number of anilines is 2. The van der Waals surface area contributed by atoms with E-state index in [0.717, 1.165) is 6.07 Å². The van der Waals surface area contributed by atoms with Crippen LogP contribution in [0.15, 0.2) is 41.3 Å². The van der Waals surface area contributed by atoms with E-state index >= 15 is 0 Å². The van der Waals surface area contributed by atoms with Gasteiger partial charge in [-0.1, -0.05) is 12.1 Å². The van der Waals surface area contributed by atoms with Crippen molar-refractivity contribution in [3.63, 3.8) is 0 Å². The molecule has 0 fully saturated rings. The van der Waals surface area contributed by atoms with Crippen molar-refractivity contribution in [3.8, 4) is 0 Å². The molecule has 2 aromatic rings. The lowest BCUT2D eigenvalue weighted by Crippen LogP contribution is -2.15. The van der Waals surface area contributed by atoms with E-state index in [2.05, 4.69) is 9.71 Å². The number of nitrogens with one attached hydrogen (secondary N) is 1. The molecular weight excluding hydrogens is 269 g/mol. The molecule has 0 aliphatic rings. The maximum atomic E-state index is 12.9. The molecule has 1 heterocycles. The van der Waals surface area contributed by atoms with Crippen molar-refractivity contribution < 1.29 is 12.8 Å². The summed E-state index contributed by atoms with van der Waals surface area (Å²) in [5, 5.41) is 0. The molecule has 0 spiro atoms. The first-order valence-corrected chi connectivity index (χ1v) is 6.88. The smallest absolute Gasteiger partial charge is 0.263 e. The van der Waals surface area contributed by atoms with Gasteiger partial charge in [0.15, 0.2) is 0 Å². The largest absolute Gasteiger partial charge is 0.399 e. The third-order valence-corrected chi connectivity index (χ3v) is 3.95. The summed E-state index contributed by atoms with van der Waals surface area (Å²) in [6, 6.07) is 8.41. The van der Waals surface area contributed by atoms with Crippen LogP contribution in [-0.2, 0) is 10.0 Å². The van der Waals surface area contributed by atoms with Crippen molar-refractivity contribution in [2.24, 2.45) is 0 Å². The second-order valence-corrected chi connectivity index (χ2v) is 5.63. The van der Waals surface area contributed by atoms with E-state index in [1.807, 2.05) is 0 Å². The first-order chi connectivity index (χ1) is 8.88. The summed E-state index contributed by atoms with van der Waals surface area (Å²) in [4.78, 5) is 3.49. The summed E-state index contributed by atoms with van der Waals surface area (Å²) >= 11 is 0. The van der Waals surface area contributed by atoms with Crippen molar-refractivity contribution in [2.75, 3.05) is 10.5 Å². The van der Waals surface area contributed by atoms with Crippen molar-refractivity contribution >= 4 is 21.5 Å². The number of aryl methyl sites for hydroxylation is 1. The Hall–Kier alpha value is -2.15. The van der Waals surface area contributed by atoms with Crippen LogP contribution in [0, 0.1) is 12.9 Å². The molecule has 0 amide bonds. The van der Waals surface area contributed by atoms with Crippen LogP contribution in [0.25, 0.3) is 0 Å². The lowest BCUT2D eigenvalue weighted by molar-refractivity contribution is 0.584. The van der Waals surface area contributed by atoms with Gasteiger partial charge in [0, 0.05) is 5.69 Å². The molecule has 0 bridgehead atoms. The quantitative estimate of drug-likeness (QED) is 0.665. The average molecular weight is 281 g/mol. The zero-order valence-electron chi connectivity index (χ0n) is 10.1. The standard InChI is InChI=1S/C12H12FN3O2S/c1-8-5-6-9(14)7-10(8)19(17,18)16-12-4-2-3-11(13)15-12/h2-7H,14H2,1H3,(H,15,16). The number of nitrogens with zero attached hydrogens (tertiary/aromatic N) is 1. The first kappa shape index (κ1) is 13.3. The highest BCUT2D eigenvalue weighted by Crippen LogP contribution is 2.20. The minimum absolute atomic E-state index is 0.0403. The summed E-state index contributed by atoms with van der Waals surface area (Å²) in [6.45, 7) is 1.65. The highest BCUT2D eigenvalue weighted by molar-refractivity contribution is 7.92. The molecule has 0 unspecified atom stereocenters. The number of halogens is 1. The Bertz CT molecular complexity index is 717. The fourth-order valence-corrected chi connectivity index (χ4v) is 2.85. The minimum atomic E-state index is -3.84. The zero-order chi connectivity index (χ0) is 14.0. The number of aromatic nitrogens is 1. The van der Waals surface area contributed by atoms with Crippen LogP contribution in [0.5, 0.6) is 0 Å². The van der Waals surface area contributed by atoms with Gasteiger partial charge in [0.2, 0.25) is 5.95 Å². The average Bonchev–Trinajstić information content (AvgIpc) is 2.31. The summed E-state index contributed by atoms with van der Waals surface area (Å²) in [5.41, 5.74) is 6.45. The van der Waals surface area contributed by atoms with Crippen LogP contribution in [-0.4, -0.2) is 13.4 Å². The molecule has 5 nitrogen and oxygen atoms in total. The van der Waals surface area contributed by atoms with Crippen LogP contribution in [0.2, 0.25) is 0 Å². The fraction of sp³-hybridized carbons (Fsp3) is 0.0833. The van der Waals surface area contributed by atoms with Gasteiger partial charge in [-0.2, -0.15) is 4.39 Å². The Balaban J connectivity index is 2.40. The molecule has 19 heavy (non-hydrogen) atoms. The van der Waals surface area contributed by atoms with Gasteiger partial charge in [-0.3, -0.25) is 4.72 Å². The van der Waals surface area contributed by atoms with Gasteiger partial charge in [-0.15, -0.1) is 0 Å². The molecule has 0 saturated heterocycles. The highest BCUT2D eigenvalue weighted by atomic mass is 32.2. The van der Waals surface area contributed by atoms with Crippen LogP contribution < -0.4 is 10.5 Å². The molecular formula is C12H12FN3O2S. The maximum Gasteiger partial charge on any atom is 0.263 e. The highest BCUT2D eigenvalue weighted by Gasteiger charge is 2.18. The van der Waals surface area contributed by atoms with E-state index in [1.54, 1.807) is 19.1 Å². The Kier molecular flexibility index (Phi) is 3.39. The summed E-state index contributed by atoms with van der Waals surface area (Å²) in [6.07, 6.45) is 0. The van der Waals surface area contributed by atoms with E-state index in [0.29, 0.717) is 11.3 Å². The third kappa shape index (κ3) is 3.00.